The molecule has 1 aromatic carbocycles. The van der Waals surface area contributed by atoms with Crippen LogP contribution in [0.15, 0.2) is 24.3 Å². The molecule has 0 bridgehead atoms. The molecule has 7 heteroatoms. The highest BCUT2D eigenvalue weighted by atomic mass is 35.5. The minimum atomic E-state index is -0.905. The van der Waals surface area contributed by atoms with Gasteiger partial charge in [-0.25, -0.2) is 0 Å². The molecule has 1 aromatic rings. The molecule has 112 valence electrons. The zero-order valence-corrected chi connectivity index (χ0v) is 12.4. The minimum absolute atomic E-state index is 0. The number of benzene rings is 1. The molecule has 0 heterocycles. The standard InChI is InChI=1S/C13H19N3O3.ClH/c1-16(13(18)10(14)7-12(15)17)8-9-5-3-4-6-11(9)19-2;/h3-6,10H,7-8,14H2,1-2H3,(H2,15,17);1H. The fourth-order valence-electron chi connectivity index (χ4n) is 1.75. The Hall–Kier alpha value is -1.79. The summed E-state index contributed by atoms with van der Waals surface area (Å²) in [4.78, 5) is 24.1. The smallest absolute Gasteiger partial charge is 0.240 e. The van der Waals surface area contributed by atoms with Gasteiger partial charge in [0.05, 0.1) is 19.6 Å². The molecule has 0 aliphatic rings. The van der Waals surface area contributed by atoms with Crippen molar-refractivity contribution in [3.8, 4) is 5.75 Å². The average molecular weight is 302 g/mol. The quantitative estimate of drug-likeness (QED) is 0.788. The number of primary amides is 1. The van der Waals surface area contributed by atoms with Crippen molar-refractivity contribution in [1.29, 1.82) is 0 Å². The van der Waals surface area contributed by atoms with Gasteiger partial charge in [-0.05, 0) is 6.07 Å². The maximum Gasteiger partial charge on any atom is 0.240 e. The Morgan fingerprint density at radius 2 is 1.95 bits per heavy atom. The highest BCUT2D eigenvalue weighted by Crippen LogP contribution is 2.18. The molecular formula is C13H20ClN3O3. The van der Waals surface area contributed by atoms with E-state index in [0.29, 0.717) is 12.3 Å². The first-order chi connectivity index (χ1) is 8.95. The fourth-order valence-corrected chi connectivity index (χ4v) is 1.75. The SMILES string of the molecule is COc1ccccc1CN(C)C(=O)C(N)CC(N)=O.Cl. The molecule has 2 amide bonds. The number of hydrogen-bond donors (Lipinski definition) is 2. The summed E-state index contributed by atoms with van der Waals surface area (Å²) < 4.78 is 5.21. The monoisotopic (exact) mass is 301 g/mol. The van der Waals surface area contributed by atoms with Crippen molar-refractivity contribution in [3.05, 3.63) is 29.8 Å². The number of amides is 2. The van der Waals surface area contributed by atoms with Gasteiger partial charge < -0.3 is 21.1 Å². The second-order valence-electron chi connectivity index (χ2n) is 4.28. The maximum absolute atomic E-state index is 11.9. The van der Waals surface area contributed by atoms with Gasteiger partial charge in [0.2, 0.25) is 11.8 Å². The molecule has 20 heavy (non-hydrogen) atoms. The Balaban J connectivity index is 0.00000361. The van der Waals surface area contributed by atoms with Gasteiger partial charge in [0.15, 0.2) is 0 Å². The van der Waals surface area contributed by atoms with Crippen molar-refractivity contribution in [2.24, 2.45) is 11.5 Å². The van der Waals surface area contributed by atoms with Crippen molar-refractivity contribution in [2.45, 2.75) is 19.0 Å². The summed E-state index contributed by atoms with van der Waals surface area (Å²) in [5.41, 5.74) is 11.5. The van der Waals surface area contributed by atoms with Crippen LogP contribution in [-0.4, -0.2) is 36.9 Å². The van der Waals surface area contributed by atoms with Crippen molar-refractivity contribution in [2.75, 3.05) is 14.2 Å². The number of halogens is 1. The fraction of sp³-hybridized carbons (Fsp3) is 0.385. The highest BCUT2D eigenvalue weighted by Gasteiger charge is 2.20. The van der Waals surface area contributed by atoms with E-state index in [0.717, 1.165) is 5.56 Å². The number of methoxy groups -OCH3 is 1. The van der Waals surface area contributed by atoms with Crippen LogP contribution in [0.3, 0.4) is 0 Å². The molecule has 0 aliphatic carbocycles. The van der Waals surface area contributed by atoms with E-state index in [1.807, 2.05) is 24.3 Å². The molecule has 0 aliphatic heterocycles. The lowest BCUT2D eigenvalue weighted by molar-refractivity contribution is -0.133. The second-order valence-corrected chi connectivity index (χ2v) is 4.28. The molecule has 0 aromatic heterocycles. The van der Waals surface area contributed by atoms with Gasteiger partial charge in [0, 0.05) is 19.2 Å². The van der Waals surface area contributed by atoms with Crippen LogP contribution < -0.4 is 16.2 Å². The maximum atomic E-state index is 11.9. The molecular weight excluding hydrogens is 282 g/mol. The van der Waals surface area contributed by atoms with Crippen LogP contribution in [0.1, 0.15) is 12.0 Å². The summed E-state index contributed by atoms with van der Waals surface area (Å²) in [5.74, 6) is -0.220. The van der Waals surface area contributed by atoms with E-state index in [1.165, 1.54) is 4.90 Å². The van der Waals surface area contributed by atoms with Gasteiger partial charge in [-0.1, -0.05) is 18.2 Å². The summed E-state index contributed by atoms with van der Waals surface area (Å²) in [6.45, 7) is 0.356. The number of carbonyl (C=O) groups is 2. The van der Waals surface area contributed by atoms with E-state index >= 15 is 0 Å². The van der Waals surface area contributed by atoms with Gasteiger partial charge in [-0.15, -0.1) is 12.4 Å². The summed E-state index contributed by atoms with van der Waals surface area (Å²) >= 11 is 0. The van der Waals surface area contributed by atoms with E-state index in [2.05, 4.69) is 0 Å². The van der Waals surface area contributed by atoms with Crippen LogP contribution in [0.4, 0.5) is 0 Å². The third-order valence-electron chi connectivity index (χ3n) is 2.71. The van der Waals surface area contributed by atoms with Crippen LogP contribution >= 0.6 is 12.4 Å². The van der Waals surface area contributed by atoms with Crippen LogP contribution in [0.2, 0.25) is 0 Å². The first kappa shape index (κ1) is 18.2. The van der Waals surface area contributed by atoms with Gasteiger partial charge in [0.1, 0.15) is 5.75 Å². The van der Waals surface area contributed by atoms with E-state index in [4.69, 9.17) is 16.2 Å². The van der Waals surface area contributed by atoms with E-state index in [9.17, 15) is 9.59 Å². The molecule has 1 unspecified atom stereocenters. The van der Waals surface area contributed by atoms with Gasteiger partial charge in [-0.3, -0.25) is 9.59 Å². The Bertz CT molecular complexity index is 468. The Morgan fingerprint density at radius 1 is 1.35 bits per heavy atom. The average Bonchev–Trinajstić information content (AvgIpc) is 2.37. The number of nitrogens with two attached hydrogens (primary N) is 2. The molecule has 1 atom stereocenters. The van der Waals surface area contributed by atoms with E-state index < -0.39 is 11.9 Å². The number of hydrogen-bond acceptors (Lipinski definition) is 4. The summed E-state index contributed by atoms with van der Waals surface area (Å²) in [6.07, 6.45) is -0.158. The largest absolute Gasteiger partial charge is 0.496 e. The van der Waals surface area contributed by atoms with E-state index in [1.54, 1.807) is 14.2 Å². The topological polar surface area (TPSA) is 98.7 Å². The number of ether oxygens (including phenoxy) is 1. The second kappa shape index (κ2) is 8.39. The van der Waals surface area contributed by atoms with Crippen molar-refractivity contribution >= 4 is 24.2 Å². The molecule has 0 spiro atoms. The lowest BCUT2D eigenvalue weighted by Gasteiger charge is -2.21. The Morgan fingerprint density at radius 3 is 2.50 bits per heavy atom. The van der Waals surface area contributed by atoms with Crippen molar-refractivity contribution < 1.29 is 14.3 Å². The predicted octanol–water partition coefficient (Wildman–Crippen LogP) is 0.278. The van der Waals surface area contributed by atoms with E-state index in [-0.39, 0.29) is 24.7 Å². The first-order valence-electron chi connectivity index (χ1n) is 5.86. The van der Waals surface area contributed by atoms with Crippen LogP contribution in [0.25, 0.3) is 0 Å². The summed E-state index contributed by atoms with van der Waals surface area (Å²) in [7, 11) is 3.19. The number of carbonyl (C=O) groups excluding carboxylic acids is 2. The Labute approximate surface area is 124 Å². The van der Waals surface area contributed by atoms with Crippen LogP contribution in [-0.2, 0) is 16.1 Å². The molecule has 0 fully saturated rings. The lowest BCUT2D eigenvalue weighted by Crippen LogP contribution is -2.43. The minimum Gasteiger partial charge on any atom is -0.496 e. The van der Waals surface area contributed by atoms with Crippen LogP contribution in [0.5, 0.6) is 5.75 Å². The Kier molecular flexibility index (Phi) is 7.64. The molecule has 6 nitrogen and oxygen atoms in total. The lowest BCUT2D eigenvalue weighted by atomic mass is 10.1. The van der Waals surface area contributed by atoms with Crippen LogP contribution in [0, 0.1) is 0 Å². The molecule has 0 saturated heterocycles. The molecule has 0 radical (unpaired) electrons. The van der Waals surface area contributed by atoms with Crippen molar-refractivity contribution in [3.63, 3.8) is 0 Å². The zero-order chi connectivity index (χ0) is 14.4. The number of para-hydroxylation sites is 1. The predicted molar refractivity (Wildman–Crippen MR) is 78.5 cm³/mol. The first-order valence-corrected chi connectivity index (χ1v) is 5.86. The highest BCUT2D eigenvalue weighted by molar-refractivity contribution is 5.87. The molecule has 1 rings (SSSR count). The normalized spacial score (nSPS) is 11.2. The van der Waals surface area contributed by atoms with Gasteiger partial charge in [-0.2, -0.15) is 0 Å². The zero-order valence-electron chi connectivity index (χ0n) is 11.5. The van der Waals surface area contributed by atoms with Gasteiger partial charge >= 0.3 is 0 Å². The number of nitrogens with zero attached hydrogens (tertiary/aromatic N) is 1. The molecule has 4 N–H and O–H groups in total. The summed E-state index contributed by atoms with van der Waals surface area (Å²) in [5, 5.41) is 0. The third-order valence-corrected chi connectivity index (χ3v) is 2.71. The van der Waals surface area contributed by atoms with Gasteiger partial charge in [0.25, 0.3) is 0 Å². The number of likely N-dealkylation sites (N-methyl/N-ethyl adjacent to an activating group) is 1. The summed E-state index contributed by atoms with van der Waals surface area (Å²) in [6, 6.07) is 6.49. The number of rotatable bonds is 6. The van der Waals surface area contributed by atoms with Crippen molar-refractivity contribution in [1.82, 2.24) is 4.90 Å². The third kappa shape index (κ3) is 5.07. The molecule has 0 saturated carbocycles.